The molecule has 1 N–H and O–H groups in total. The summed E-state index contributed by atoms with van der Waals surface area (Å²) in [5.74, 6) is -0.603. The quantitative estimate of drug-likeness (QED) is 0.687. The average Bonchev–Trinajstić information content (AvgIpc) is 3.12. The molecular weight excluding hydrogens is 452 g/mol. The van der Waals surface area contributed by atoms with E-state index in [4.69, 9.17) is 11.6 Å². The highest BCUT2D eigenvalue weighted by Crippen LogP contribution is 2.27. The highest BCUT2D eigenvalue weighted by molar-refractivity contribution is 9.15. The third kappa shape index (κ3) is 4.75. The van der Waals surface area contributed by atoms with E-state index in [1.54, 1.807) is 36.1 Å². The summed E-state index contributed by atoms with van der Waals surface area (Å²) in [6.45, 7) is 3.07. The normalized spacial score (nSPS) is 15.3. The number of benzene rings is 1. The molecule has 1 aliphatic rings. The van der Waals surface area contributed by atoms with E-state index in [1.807, 2.05) is 0 Å². The van der Waals surface area contributed by atoms with E-state index < -0.39 is 5.91 Å². The van der Waals surface area contributed by atoms with Crippen LogP contribution >= 0.6 is 39.1 Å². The minimum atomic E-state index is -0.395. The van der Waals surface area contributed by atoms with Crippen LogP contribution in [0.15, 0.2) is 30.0 Å². The Morgan fingerprint density at radius 3 is 2.44 bits per heavy atom. The van der Waals surface area contributed by atoms with Gasteiger partial charge in [-0.25, -0.2) is 0 Å². The van der Waals surface area contributed by atoms with Gasteiger partial charge in [-0.15, -0.1) is 5.10 Å². The number of piperidine rings is 1. The summed E-state index contributed by atoms with van der Waals surface area (Å²) >= 11 is 10.5. The van der Waals surface area contributed by atoms with Crippen molar-refractivity contribution in [1.29, 1.82) is 0 Å². The largest absolute Gasteiger partial charge is 0.337 e. The molecule has 2 amide bonds. The van der Waals surface area contributed by atoms with E-state index in [-0.39, 0.29) is 11.6 Å². The number of carbonyl (C=O) groups excluding carboxylic acids is 2. The van der Waals surface area contributed by atoms with Crippen LogP contribution in [-0.2, 0) is 4.79 Å². The summed E-state index contributed by atoms with van der Waals surface area (Å²) in [6.07, 6.45) is 3.03. The van der Waals surface area contributed by atoms with Crippen molar-refractivity contribution in [2.24, 2.45) is 0 Å². The van der Waals surface area contributed by atoms with Crippen molar-refractivity contribution >= 4 is 55.4 Å². The number of aromatic nitrogens is 2. The summed E-state index contributed by atoms with van der Waals surface area (Å²) < 4.78 is 4.30. The van der Waals surface area contributed by atoms with Gasteiger partial charge in [0.2, 0.25) is 0 Å². The molecule has 1 aromatic carbocycles. The molecule has 2 aromatic rings. The van der Waals surface area contributed by atoms with E-state index >= 15 is 0 Å². The van der Waals surface area contributed by atoms with Crippen molar-refractivity contribution in [2.75, 3.05) is 13.1 Å². The molecule has 9 heteroatoms. The van der Waals surface area contributed by atoms with E-state index in [1.165, 1.54) is 0 Å². The van der Waals surface area contributed by atoms with Gasteiger partial charge in [-0.3, -0.25) is 9.59 Å². The molecule has 1 fully saturated rings. The molecule has 0 unspecified atom stereocenters. The van der Waals surface area contributed by atoms with Crippen molar-refractivity contribution < 1.29 is 9.59 Å². The van der Waals surface area contributed by atoms with Gasteiger partial charge in [-0.05, 0) is 71.3 Å². The molecule has 0 radical (unpaired) electrons. The summed E-state index contributed by atoms with van der Waals surface area (Å²) in [5.41, 5.74) is 1.49. The molecule has 1 aliphatic heterocycles. The standard InChI is InChI=1S/C18H18BrClN4O2S/c1-11-16(27-23-22-11)17(25)21-15(18(26)24-9-3-2-4-10-24)14(19)12-5-7-13(20)8-6-12/h5-8H,2-4,9-10H2,1H3,(H,21,25)/b15-14-. The number of nitrogens with zero attached hydrogens (tertiary/aromatic N) is 3. The molecule has 0 saturated carbocycles. The first-order valence-electron chi connectivity index (χ1n) is 8.52. The summed E-state index contributed by atoms with van der Waals surface area (Å²) in [5, 5.41) is 7.23. The first-order chi connectivity index (χ1) is 13.0. The van der Waals surface area contributed by atoms with Crippen molar-refractivity contribution in [1.82, 2.24) is 19.8 Å². The van der Waals surface area contributed by atoms with Gasteiger partial charge in [0.15, 0.2) is 0 Å². The van der Waals surface area contributed by atoms with Crippen molar-refractivity contribution in [3.63, 3.8) is 0 Å². The van der Waals surface area contributed by atoms with Gasteiger partial charge in [-0.1, -0.05) is 28.2 Å². The van der Waals surface area contributed by atoms with Gasteiger partial charge < -0.3 is 10.2 Å². The minimum absolute atomic E-state index is 0.206. The summed E-state index contributed by atoms with van der Waals surface area (Å²) in [6, 6.07) is 7.06. The van der Waals surface area contributed by atoms with Gasteiger partial charge in [0.25, 0.3) is 11.8 Å². The van der Waals surface area contributed by atoms with Crippen LogP contribution in [0.2, 0.25) is 5.02 Å². The Labute approximate surface area is 174 Å². The van der Waals surface area contributed by atoms with Gasteiger partial charge >= 0.3 is 0 Å². The Bertz CT molecular complexity index is 876. The van der Waals surface area contributed by atoms with Crippen molar-refractivity contribution in [2.45, 2.75) is 26.2 Å². The second-order valence-electron chi connectivity index (χ2n) is 6.19. The van der Waals surface area contributed by atoms with Gasteiger partial charge in [-0.2, -0.15) is 0 Å². The number of amides is 2. The first kappa shape index (κ1) is 20.0. The van der Waals surface area contributed by atoms with Crippen LogP contribution in [0.4, 0.5) is 0 Å². The van der Waals surface area contributed by atoms with Gasteiger partial charge in [0.1, 0.15) is 10.6 Å². The fourth-order valence-electron chi connectivity index (χ4n) is 2.81. The highest BCUT2D eigenvalue weighted by atomic mass is 79.9. The maximum Gasteiger partial charge on any atom is 0.271 e. The smallest absolute Gasteiger partial charge is 0.271 e. The molecule has 1 aromatic heterocycles. The summed E-state index contributed by atoms with van der Waals surface area (Å²) in [7, 11) is 0. The van der Waals surface area contributed by atoms with Crippen LogP contribution in [-0.4, -0.2) is 39.4 Å². The number of halogens is 2. The third-order valence-electron chi connectivity index (χ3n) is 4.27. The highest BCUT2D eigenvalue weighted by Gasteiger charge is 2.26. The number of likely N-dealkylation sites (tertiary alicyclic amines) is 1. The lowest BCUT2D eigenvalue weighted by Crippen LogP contribution is -2.41. The van der Waals surface area contributed by atoms with Crippen LogP contribution in [0.25, 0.3) is 4.48 Å². The Morgan fingerprint density at radius 1 is 1.19 bits per heavy atom. The lowest BCUT2D eigenvalue weighted by atomic mass is 10.1. The second kappa shape index (κ2) is 8.95. The lowest BCUT2D eigenvalue weighted by Gasteiger charge is -2.28. The van der Waals surface area contributed by atoms with Crippen LogP contribution in [0, 0.1) is 6.92 Å². The number of rotatable bonds is 4. The molecule has 3 rings (SSSR count). The van der Waals surface area contributed by atoms with Crippen LogP contribution < -0.4 is 5.32 Å². The monoisotopic (exact) mass is 468 g/mol. The van der Waals surface area contributed by atoms with Crippen LogP contribution in [0.1, 0.15) is 40.2 Å². The van der Waals surface area contributed by atoms with Gasteiger partial charge in [0.05, 0.1) is 10.2 Å². The van der Waals surface area contributed by atoms with E-state index in [9.17, 15) is 9.59 Å². The number of hydrogen-bond donors (Lipinski definition) is 1. The van der Waals surface area contributed by atoms with E-state index in [2.05, 4.69) is 30.8 Å². The molecule has 2 heterocycles. The fraction of sp³-hybridized carbons (Fsp3) is 0.333. The topological polar surface area (TPSA) is 75.2 Å². The van der Waals surface area contributed by atoms with Crippen LogP contribution in [0.5, 0.6) is 0 Å². The molecule has 142 valence electrons. The Kier molecular flexibility index (Phi) is 6.62. The number of aryl methyl sites for hydroxylation is 1. The zero-order chi connectivity index (χ0) is 19.4. The Hall–Kier alpha value is -1.77. The second-order valence-corrected chi connectivity index (χ2v) is 8.17. The SMILES string of the molecule is Cc1nnsc1C(=O)N/C(C(=O)N1CCCCC1)=C(\Br)c1ccc(Cl)cc1. The molecule has 0 aliphatic carbocycles. The predicted octanol–water partition coefficient (Wildman–Crippen LogP) is 4.01. The zero-order valence-electron chi connectivity index (χ0n) is 14.7. The zero-order valence-corrected chi connectivity index (χ0v) is 17.8. The van der Waals surface area contributed by atoms with Crippen molar-refractivity contribution in [3.05, 3.63) is 51.1 Å². The molecule has 27 heavy (non-hydrogen) atoms. The van der Waals surface area contributed by atoms with E-state index in [0.717, 1.165) is 36.4 Å². The fourth-order valence-corrected chi connectivity index (χ4v) is 4.02. The van der Waals surface area contributed by atoms with E-state index in [0.29, 0.717) is 33.2 Å². The number of hydrogen-bond acceptors (Lipinski definition) is 5. The number of nitrogens with one attached hydrogen (secondary N) is 1. The van der Waals surface area contributed by atoms with Crippen molar-refractivity contribution in [3.8, 4) is 0 Å². The molecule has 0 atom stereocenters. The maximum absolute atomic E-state index is 13.1. The maximum atomic E-state index is 13.1. The Morgan fingerprint density at radius 2 is 1.85 bits per heavy atom. The third-order valence-corrected chi connectivity index (χ3v) is 6.20. The summed E-state index contributed by atoms with van der Waals surface area (Å²) in [4.78, 5) is 28.0. The molecular formula is C18H18BrClN4O2S. The number of carbonyl (C=O) groups is 2. The average molecular weight is 470 g/mol. The minimum Gasteiger partial charge on any atom is -0.337 e. The molecule has 0 spiro atoms. The molecule has 1 saturated heterocycles. The first-order valence-corrected chi connectivity index (χ1v) is 10.5. The lowest BCUT2D eigenvalue weighted by molar-refractivity contribution is -0.128. The Balaban J connectivity index is 1.96. The molecule has 6 nitrogen and oxygen atoms in total. The van der Waals surface area contributed by atoms with Gasteiger partial charge in [0, 0.05) is 18.1 Å². The predicted molar refractivity (Wildman–Crippen MR) is 110 cm³/mol. The van der Waals surface area contributed by atoms with Crippen LogP contribution in [0.3, 0.4) is 0 Å². The molecule has 0 bridgehead atoms.